The van der Waals surface area contributed by atoms with Gasteiger partial charge in [0, 0.05) is 31.4 Å². The SMILES string of the molecule is CN(C)CCN(C)c1nc2ccc(NC(=O)c3cccc(Oc4ccccc4)c3)cc2s1. The molecular weight excluding hydrogens is 420 g/mol. The summed E-state index contributed by atoms with van der Waals surface area (Å²) in [4.78, 5) is 21.8. The fraction of sp³-hybridized carbons (Fsp3) is 0.200. The van der Waals surface area contributed by atoms with Gasteiger partial charge < -0.3 is 19.9 Å². The number of aromatic nitrogens is 1. The van der Waals surface area contributed by atoms with Crippen molar-refractivity contribution in [1.29, 1.82) is 0 Å². The van der Waals surface area contributed by atoms with Gasteiger partial charge in [-0.2, -0.15) is 0 Å². The van der Waals surface area contributed by atoms with Crippen molar-refractivity contribution in [3.05, 3.63) is 78.4 Å². The summed E-state index contributed by atoms with van der Waals surface area (Å²) in [6.45, 7) is 1.86. The summed E-state index contributed by atoms with van der Waals surface area (Å²) in [7, 11) is 6.17. The second-order valence-corrected chi connectivity index (χ2v) is 8.81. The van der Waals surface area contributed by atoms with Crippen LogP contribution < -0.4 is 15.0 Å². The molecule has 0 atom stereocenters. The smallest absolute Gasteiger partial charge is 0.255 e. The molecule has 1 aromatic heterocycles. The third kappa shape index (κ3) is 5.43. The minimum absolute atomic E-state index is 0.185. The lowest BCUT2D eigenvalue weighted by Crippen LogP contribution is -2.28. The molecule has 164 valence electrons. The van der Waals surface area contributed by atoms with E-state index in [0.717, 1.165) is 39.9 Å². The molecule has 0 bridgehead atoms. The van der Waals surface area contributed by atoms with E-state index >= 15 is 0 Å². The maximum atomic E-state index is 12.8. The Morgan fingerprint density at radius 1 is 0.938 bits per heavy atom. The Labute approximate surface area is 192 Å². The molecule has 0 aliphatic rings. The number of likely N-dealkylation sites (N-methyl/N-ethyl adjacent to an activating group) is 2. The Morgan fingerprint density at radius 2 is 1.72 bits per heavy atom. The molecule has 0 aliphatic carbocycles. The Balaban J connectivity index is 1.46. The van der Waals surface area contributed by atoms with Crippen molar-refractivity contribution in [3.63, 3.8) is 0 Å². The van der Waals surface area contributed by atoms with Crippen LogP contribution in [0.1, 0.15) is 10.4 Å². The number of ether oxygens (including phenoxy) is 1. The van der Waals surface area contributed by atoms with Crippen LogP contribution in [0, 0.1) is 0 Å². The topological polar surface area (TPSA) is 57.7 Å². The van der Waals surface area contributed by atoms with E-state index in [2.05, 4.69) is 36.3 Å². The number of benzene rings is 3. The Hall–Kier alpha value is -3.42. The molecule has 7 heteroatoms. The molecule has 3 aromatic carbocycles. The van der Waals surface area contributed by atoms with Crippen molar-refractivity contribution >= 4 is 38.3 Å². The highest BCUT2D eigenvalue weighted by molar-refractivity contribution is 7.22. The van der Waals surface area contributed by atoms with Crippen molar-refractivity contribution in [3.8, 4) is 11.5 Å². The highest BCUT2D eigenvalue weighted by atomic mass is 32.1. The number of amides is 1. The van der Waals surface area contributed by atoms with Gasteiger partial charge in [0.15, 0.2) is 5.13 Å². The quantitative estimate of drug-likeness (QED) is 0.396. The molecule has 1 N–H and O–H groups in total. The zero-order valence-corrected chi connectivity index (χ0v) is 19.2. The number of hydrogen-bond acceptors (Lipinski definition) is 6. The van der Waals surface area contributed by atoms with Crippen LogP contribution in [-0.2, 0) is 0 Å². The standard InChI is InChI=1S/C25H26N4O2S/c1-28(2)14-15-29(3)25-27-22-13-12-19(17-23(22)32-25)26-24(30)18-8-7-11-21(16-18)31-20-9-5-4-6-10-20/h4-13,16-17H,14-15H2,1-3H3,(H,26,30). The first-order valence-electron chi connectivity index (χ1n) is 10.4. The first-order valence-corrected chi connectivity index (χ1v) is 11.2. The Morgan fingerprint density at radius 3 is 2.50 bits per heavy atom. The molecule has 4 aromatic rings. The van der Waals surface area contributed by atoms with Gasteiger partial charge in [-0.3, -0.25) is 4.79 Å². The van der Waals surface area contributed by atoms with E-state index in [9.17, 15) is 4.79 Å². The van der Waals surface area contributed by atoms with Crippen molar-refractivity contribution < 1.29 is 9.53 Å². The normalized spacial score (nSPS) is 11.0. The molecule has 0 saturated heterocycles. The summed E-state index contributed by atoms with van der Waals surface area (Å²) in [5, 5.41) is 3.95. The van der Waals surface area contributed by atoms with Gasteiger partial charge in [-0.15, -0.1) is 0 Å². The molecule has 4 rings (SSSR count). The van der Waals surface area contributed by atoms with Crippen molar-refractivity contribution in [2.75, 3.05) is 44.4 Å². The fourth-order valence-corrected chi connectivity index (χ4v) is 4.12. The number of para-hydroxylation sites is 1. The first-order chi connectivity index (χ1) is 15.5. The third-order valence-corrected chi connectivity index (χ3v) is 6.05. The van der Waals surface area contributed by atoms with E-state index in [1.165, 1.54) is 0 Å². The van der Waals surface area contributed by atoms with Crippen LogP contribution in [0.25, 0.3) is 10.2 Å². The summed E-state index contributed by atoms with van der Waals surface area (Å²) in [5.41, 5.74) is 2.20. The van der Waals surface area contributed by atoms with E-state index < -0.39 is 0 Å². The summed E-state index contributed by atoms with van der Waals surface area (Å²) in [6, 6.07) is 22.5. The van der Waals surface area contributed by atoms with Gasteiger partial charge in [-0.25, -0.2) is 4.98 Å². The summed E-state index contributed by atoms with van der Waals surface area (Å²) in [5.74, 6) is 1.16. The second kappa shape index (κ2) is 9.80. The zero-order chi connectivity index (χ0) is 22.5. The lowest BCUT2D eigenvalue weighted by atomic mass is 10.2. The zero-order valence-electron chi connectivity index (χ0n) is 18.4. The van der Waals surface area contributed by atoms with E-state index in [1.54, 1.807) is 23.5 Å². The lowest BCUT2D eigenvalue weighted by Gasteiger charge is -2.18. The maximum absolute atomic E-state index is 12.8. The van der Waals surface area contributed by atoms with Crippen molar-refractivity contribution in [1.82, 2.24) is 9.88 Å². The van der Waals surface area contributed by atoms with Crippen LogP contribution in [0.5, 0.6) is 11.5 Å². The van der Waals surface area contributed by atoms with E-state index in [0.29, 0.717) is 11.3 Å². The van der Waals surface area contributed by atoms with Gasteiger partial charge in [-0.1, -0.05) is 35.6 Å². The largest absolute Gasteiger partial charge is 0.457 e. The average Bonchev–Trinajstić information content (AvgIpc) is 3.22. The highest BCUT2D eigenvalue weighted by Gasteiger charge is 2.12. The minimum Gasteiger partial charge on any atom is -0.457 e. The lowest BCUT2D eigenvalue weighted by molar-refractivity contribution is 0.102. The molecule has 0 fully saturated rings. The second-order valence-electron chi connectivity index (χ2n) is 7.80. The van der Waals surface area contributed by atoms with Gasteiger partial charge in [0.1, 0.15) is 11.5 Å². The molecule has 0 spiro atoms. The monoisotopic (exact) mass is 446 g/mol. The van der Waals surface area contributed by atoms with Crippen molar-refractivity contribution in [2.45, 2.75) is 0 Å². The van der Waals surface area contributed by atoms with Crippen LogP contribution in [0.15, 0.2) is 72.8 Å². The van der Waals surface area contributed by atoms with E-state index in [-0.39, 0.29) is 5.91 Å². The summed E-state index contributed by atoms with van der Waals surface area (Å²) < 4.78 is 6.88. The van der Waals surface area contributed by atoms with Gasteiger partial charge in [0.05, 0.1) is 10.2 Å². The molecule has 1 amide bonds. The summed E-state index contributed by atoms with van der Waals surface area (Å²) in [6.07, 6.45) is 0. The molecule has 0 saturated carbocycles. The molecular formula is C25H26N4O2S. The van der Waals surface area contributed by atoms with Gasteiger partial charge in [-0.05, 0) is 62.6 Å². The number of carbonyl (C=O) groups is 1. The molecule has 1 heterocycles. The minimum atomic E-state index is -0.185. The molecule has 0 radical (unpaired) electrons. The van der Waals surface area contributed by atoms with Gasteiger partial charge in [0.2, 0.25) is 0 Å². The average molecular weight is 447 g/mol. The van der Waals surface area contributed by atoms with E-state index in [4.69, 9.17) is 9.72 Å². The number of anilines is 2. The Bertz CT molecular complexity index is 1210. The van der Waals surface area contributed by atoms with Crippen LogP contribution in [0.3, 0.4) is 0 Å². The van der Waals surface area contributed by atoms with E-state index in [1.807, 2.05) is 60.7 Å². The fourth-order valence-electron chi connectivity index (χ4n) is 3.13. The number of hydrogen-bond donors (Lipinski definition) is 1. The number of nitrogens with one attached hydrogen (secondary N) is 1. The van der Waals surface area contributed by atoms with Crippen LogP contribution in [-0.4, -0.2) is 50.0 Å². The molecule has 0 unspecified atom stereocenters. The first kappa shape index (κ1) is 21.8. The number of thiazole rings is 1. The predicted octanol–water partition coefficient (Wildman–Crippen LogP) is 5.34. The Kier molecular flexibility index (Phi) is 6.68. The molecule has 32 heavy (non-hydrogen) atoms. The number of nitrogens with zero attached hydrogens (tertiary/aromatic N) is 3. The number of rotatable bonds is 8. The van der Waals surface area contributed by atoms with Crippen LogP contribution in [0.2, 0.25) is 0 Å². The molecule has 0 aliphatic heterocycles. The van der Waals surface area contributed by atoms with Gasteiger partial charge in [0.25, 0.3) is 5.91 Å². The third-order valence-electron chi connectivity index (χ3n) is 4.92. The molecule has 6 nitrogen and oxygen atoms in total. The van der Waals surface area contributed by atoms with Crippen LogP contribution >= 0.6 is 11.3 Å². The predicted molar refractivity (Wildman–Crippen MR) is 132 cm³/mol. The van der Waals surface area contributed by atoms with Crippen molar-refractivity contribution in [2.24, 2.45) is 0 Å². The number of fused-ring (bicyclic) bond motifs is 1. The highest BCUT2D eigenvalue weighted by Crippen LogP contribution is 2.30. The maximum Gasteiger partial charge on any atom is 0.255 e. The summed E-state index contributed by atoms with van der Waals surface area (Å²) >= 11 is 1.62. The van der Waals surface area contributed by atoms with Crippen LogP contribution in [0.4, 0.5) is 10.8 Å². The number of carbonyl (C=O) groups excluding carboxylic acids is 1. The van der Waals surface area contributed by atoms with Gasteiger partial charge >= 0.3 is 0 Å².